The molecule has 1 fully saturated rings. The van der Waals surface area contributed by atoms with Crippen LogP contribution in [0.3, 0.4) is 0 Å². The maximum absolute atomic E-state index is 6.04. The van der Waals surface area contributed by atoms with Gasteiger partial charge in [-0.3, -0.25) is 0 Å². The van der Waals surface area contributed by atoms with Crippen molar-refractivity contribution in [1.82, 2.24) is 4.90 Å². The van der Waals surface area contributed by atoms with Gasteiger partial charge in [0.2, 0.25) is 0 Å². The van der Waals surface area contributed by atoms with Gasteiger partial charge in [0.15, 0.2) is 0 Å². The molecular weight excluding hydrogens is 188 g/mol. The first-order valence-electron chi connectivity index (χ1n) is 6.17. The zero-order valence-corrected chi connectivity index (χ0v) is 10.3. The summed E-state index contributed by atoms with van der Waals surface area (Å²) >= 11 is 0. The van der Waals surface area contributed by atoms with Gasteiger partial charge in [-0.05, 0) is 26.9 Å². The highest BCUT2D eigenvalue weighted by Crippen LogP contribution is 2.29. The summed E-state index contributed by atoms with van der Waals surface area (Å²) in [5.41, 5.74) is 5.88. The molecule has 1 saturated carbocycles. The Hall–Kier alpha value is -0.120. The van der Waals surface area contributed by atoms with Crippen LogP contribution >= 0.6 is 0 Å². The standard InChI is InChI=1S/C12H26N2O/c1-14(2)9-10-15-12(11-13)7-5-3-4-6-8-12/h3-11,13H2,1-2H3. The Morgan fingerprint density at radius 1 is 1.13 bits per heavy atom. The summed E-state index contributed by atoms with van der Waals surface area (Å²) in [6, 6.07) is 0. The lowest BCUT2D eigenvalue weighted by Gasteiger charge is -2.32. The third-order valence-electron chi connectivity index (χ3n) is 3.33. The van der Waals surface area contributed by atoms with Crippen molar-refractivity contribution >= 4 is 0 Å². The molecule has 0 atom stereocenters. The Balaban J connectivity index is 2.36. The largest absolute Gasteiger partial charge is 0.372 e. The van der Waals surface area contributed by atoms with Crippen molar-refractivity contribution in [3.8, 4) is 0 Å². The van der Waals surface area contributed by atoms with E-state index >= 15 is 0 Å². The van der Waals surface area contributed by atoms with Crippen molar-refractivity contribution in [2.75, 3.05) is 33.8 Å². The van der Waals surface area contributed by atoms with Crippen molar-refractivity contribution in [2.24, 2.45) is 5.73 Å². The topological polar surface area (TPSA) is 38.5 Å². The van der Waals surface area contributed by atoms with E-state index in [0.717, 1.165) is 26.0 Å². The van der Waals surface area contributed by atoms with Gasteiger partial charge in [0.05, 0.1) is 12.2 Å². The lowest BCUT2D eigenvalue weighted by atomic mass is 9.94. The maximum atomic E-state index is 6.04. The van der Waals surface area contributed by atoms with Crippen molar-refractivity contribution in [2.45, 2.75) is 44.1 Å². The molecule has 0 aromatic carbocycles. The van der Waals surface area contributed by atoms with E-state index in [1.54, 1.807) is 0 Å². The minimum atomic E-state index is -0.00743. The third kappa shape index (κ3) is 4.49. The summed E-state index contributed by atoms with van der Waals surface area (Å²) in [5.74, 6) is 0. The van der Waals surface area contributed by atoms with Gasteiger partial charge in [0, 0.05) is 13.1 Å². The Bertz CT molecular complexity index is 163. The first kappa shape index (κ1) is 12.9. The number of hydrogen-bond acceptors (Lipinski definition) is 3. The van der Waals surface area contributed by atoms with Gasteiger partial charge in [0.25, 0.3) is 0 Å². The fourth-order valence-electron chi connectivity index (χ4n) is 2.23. The van der Waals surface area contributed by atoms with E-state index in [1.807, 2.05) is 0 Å². The quantitative estimate of drug-likeness (QED) is 0.707. The Morgan fingerprint density at radius 3 is 2.20 bits per heavy atom. The Morgan fingerprint density at radius 2 is 1.73 bits per heavy atom. The highest BCUT2D eigenvalue weighted by atomic mass is 16.5. The van der Waals surface area contributed by atoms with Crippen LogP contribution in [0.4, 0.5) is 0 Å². The summed E-state index contributed by atoms with van der Waals surface area (Å²) in [7, 11) is 4.15. The lowest BCUT2D eigenvalue weighted by Crippen LogP contribution is -2.41. The fraction of sp³-hybridized carbons (Fsp3) is 1.00. The van der Waals surface area contributed by atoms with Crippen LogP contribution in [0, 0.1) is 0 Å². The first-order valence-corrected chi connectivity index (χ1v) is 6.17. The van der Waals surface area contributed by atoms with E-state index in [2.05, 4.69) is 19.0 Å². The predicted octanol–water partition coefficient (Wildman–Crippen LogP) is 1.62. The second kappa shape index (κ2) is 6.46. The molecular formula is C12H26N2O. The van der Waals surface area contributed by atoms with E-state index in [0.29, 0.717) is 6.54 Å². The molecule has 90 valence electrons. The van der Waals surface area contributed by atoms with E-state index in [1.165, 1.54) is 25.7 Å². The molecule has 0 aromatic rings. The van der Waals surface area contributed by atoms with E-state index < -0.39 is 0 Å². The van der Waals surface area contributed by atoms with Gasteiger partial charge < -0.3 is 15.4 Å². The molecule has 0 spiro atoms. The number of nitrogens with zero attached hydrogens (tertiary/aromatic N) is 1. The molecule has 0 heterocycles. The van der Waals surface area contributed by atoms with Gasteiger partial charge in [-0.2, -0.15) is 0 Å². The zero-order chi connectivity index (χ0) is 11.1. The van der Waals surface area contributed by atoms with Crippen LogP contribution in [0.5, 0.6) is 0 Å². The van der Waals surface area contributed by atoms with Gasteiger partial charge in [0.1, 0.15) is 0 Å². The summed E-state index contributed by atoms with van der Waals surface area (Å²) in [6.07, 6.45) is 7.55. The van der Waals surface area contributed by atoms with Crippen molar-refractivity contribution in [3.05, 3.63) is 0 Å². The predicted molar refractivity (Wildman–Crippen MR) is 64.0 cm³/mol. The molecule has 1 aliphatic carbocycles. The molecule has 15 heavy (non-hydrogen) atoms. The fourth-order valence-corrected chi connectivity index (χ4v) is 2.23. The van der Waals surface area contributed by atoms with Crippen LogP contribution in [0.15, 0.2) is 0 Å². The summed E-state index contributed by atoms with van der Waals surface area (Å²) < 4.78 is 6.04. The molecule has 0 aromatic heterocycles. The van der Waals surface area contributed by atoms with Crippen molar-refractivity contribution in [1.29, 1.82) is 0 Å². The third-order valence-corrected chi connectivity index (χ3v) is 3.33. The number of ether oxygens (including phenoxy) is 1. The molecule has 0 bridgehead atoms. The highest BCUT2D eigenvalue weighted by Gasteiger charge is 2.29. The maximum Gasteiger partial charge on any atom is 0.0804 e. The highest BCUT2D eigenvalue weighted by molar-refractivity contribution is 4.84. The van der Waals surface area contributed by atoms with Gasteiger partial charge in [-0.25, -0.2) is 0 Å². The molecule has 0 unspecified atom stereocenters. The molecule has 3 heteroatoms. The van der Waals surface area contributed by atoms with Crippen LogP contribution in [-0.2, 0) is 4.74 Å². The van der Waals surface area contributed by atoms with Gasteiger partial charge in [-0.15, -0.1) is 0 Å². The second-order valence-electron chi connectivity index (χ2n) is 4.95. The van der Waals surface area contributed by atoms with Crippen LogP contribution in [0.1, 0.15) is 38.5 Å². The normalized spacial score (nSPS) is 21.6. The number of hydrogen-bond donors (Lipinski definition) is 1. The SMILES string of the molecule is CN(C)CCOC1(CN)CCCCCC1. The van der Waals surface area contributed by atoms with Crippen LogP contribution in [0.25, 0.3) is 0 Å². The molecule has 0 saturated heterocycles. The zero-order valence-electron chi connectivity index (χ0n) is 10.3. The molecule has 3 nitrogen and oxygen atoms in total. The van der Waals surface area contributed by atoms with Crippen molar-refractivity contribution < 1.29 is 4.74 Å². The van der Waals surface area contributed by atoms with Crippen LogP contribution < -0.4 is 5.73 Å². The minimum absolute atomic E-state index is 0.00743. The monoisotopic (exact) mass is 214 g/mol. The minimum Gasteiger partial charge on any atom is -0.372 e. The number of nitrogens with two attached hydrogens (primary N) is 1. The summed E-state index contributed by atoms with van der Waals surface area (Å²) in [5, 5.41) is 0. The van der Waals surface area contributed by atoms with Crippen LogP contribution in [0.2, 0.25) is 0 Å². The molecule has 1 rings (SSSR count). The number of rotatable bonds is 5. The molecule has 0 aliphatic heterocycles. The van der Waals surface area contributed by atoms with Crippen molar-refractivity contribution in [3.63, 3.8) is 0 Å². The summed E-state index contributed by atoms with van der Waals surface area (Å²) in [6.45, 7) is 2.48. The van der Waals surface area contributed by atoms with E-state index in [-0.39, 0.29) is 5.60 Å². The first-order chi connectivity index (χ1) is 7.18. The summed E-state index contributed by atoms with van der Waals surface area (Å²) in [4.78, 5) is 2.15. The van der Waals surface area contributed by atoms with E-state index in [9.17, 15) is 0 Å². The number of likely N-dealkylation sites (N-methyl/N-ethyl adjacent to an activating group) is 1. The molecule has 1 aliphatic rings. The van der Waals surface area contributed by atoms with Gasteiger partial charge in [-0.1, -0.05) is 25.7 Å². The second-order valence-corrected chi connectivity index (χ2v) is 4.95. The molecule has 0 radical (unpaired) electrons. The average Bonchev–Trinajstić information content (AvgIpc) is 2.44. The van der Waals surface area contributed by atoms with E-state index in [4.69, 9.17) is 10.5 Å². The van der Waals surface area contributed by atoms with Crippen LogP contribution in [-0.4, -0.2) is 44.3 Å². The lowest BCUT2D eigenvalue weighted by molar-refractivity contribution is -0.0532. The molecule has 0 amide bonds. The Kier molecular flexibility index (Phi) is 5.58. The van der Waals surface area contributed by atoms with Gasteiger partial charge >= 0.3 is 0 Å². The Labute approximate surface area is 94.0 Å². The average molecular weight is 214 g/mol. The molecule has 2 N–H and O–H groups in total. The smallest absolute Gasteiger partial charge is 0.0804 e.